The number of thioether (sulfide) groups is 1. The molecule has 0 radical (unpaired) electrons. The van der Waals surface area contributed by atoms with Crippen molar-refractivity contribution in [2.24, 2.45) is 5.92 Å². The highest BCUT2D eigenvalue weighted by molar-refractivity contribution is 7.98. The van der Waals surface area contributed by atoms with Crippen molar-refractivity contribution in [3.05, 3.63) is 16.3 Å². The van der Waals surface area contributed by atoms with E-state index in [0.717, 1.165) is 40.6 Å². The molecule has 0 aromatic carbocycles. The molecule has 0 saturated heterocycles. The zero-order valence-corrected chi connectivity index (χ0v) is 16.7. The maximum absolute atomic E-state index is 6.32. The van der Waals surface area contributed by atoms with Gasteiger partial charge in [0.15, 0.2) is 0 Å². The molecule has 26 heavy (non-hydrogen) atoms. The van der Waals surface area contributed by atoms with Crippen LogP contribution in [-0.2, 0) is 25.1 Å². The summed E-state index contributed by atoms with van der Waals surface area (Å²) in [6.07, 6.45) is 6.02. The lowest BCUT2D eigenvalue weighted by molar-refractivity contribution is 0.445. The van der Waals surface area contributed by atoms with E-state index in [-0.39, 0.29) is 0 Å². The highest BCUT2D eigenvalue weighted by atomic mass is 32.2. The molecule has 1 aliphatic carbocycles. The fourth-order valence-corrected chi connectivity index (χ4v) is 5.39. The van der Waals surface area contributed by atoms with Crippen molar-refractivity contribution < 1.29 is 0 Å². The Hall–Kier alpha value is -1.74. The van der Waals surface area contributed by atoms with Crippen LogP contribution >= 0.6 is 23.1 Å². The third-order valence-corrected chi connectivity index (χ3v) is 6.65. The van der Waals surface area contributed by atoms with Gasteiger partial charge in [0, 0.05) is 11.4 Å². The van der Waals surface area contributed by atoms with Gasteiger partial charge in [-0.3, -0.25) is 0 Å². The summed E-state index contributed by atoms with van der Waals surface area (Å²) >= 11 is 3.35. The Morgan fingerprint density at radius 2 is 2.04 bits per heavy atom. The third-order valence-electron chi connectivity index (χ3n) is 4.51. The number of hydrogen-bond donors (Lipinski definition) is 1. The summed E-state index contributed by atoms with van der Waals surface area (Å²) in [5, 5.41) is 13.8. The average molecular weight is 390 g/mol. The first-order valence-electron chi connectivity index (χ1n) is 9.07. The molecule has 0 atom stereocenters. The van der Waals surface area contributed by atoms with E-state index in [4.69, 9.17) is 10.7 Å². The lowest BCUT2D eigenvalue weighted by Gasteiger charge is -2.07. The van der Waals surface area contributed by atoms with Crippen LogP contribution in [0.4, 0.5) is 5.82 Å². The number of aryl methyl sites for hydroxylation is 2. The summed E-state index contributed by atoms with van der Waals surface area (Å²) in [6, 6.07) is 0. The number of anilines is 1. The SMILES string of the molecule is CC(C)Cn1nnnc1SCc1nc(N)c2c3c(sc2n1)CCCCC3. The normalized spacial score (nSPS) is 14.7. The summed E-state index contributed by atoms with van der Waals surface area (Å²) < 4.78 is 1.84. The van der Waals surface area contributed by atoms with Crippen LogP contribution in [0.3, 0.4) is 0 Å². The van der Waals surface area contributed by atoms with Crippen molar-refractivity contribution in [1.82, 2.24) is 30.2 Å². The van der Waals surface area contributed by atoms with Crippen LogP contribution in [0.1, 0.15) is 49.4 Å². The Morgan fingerprint density at radius 3 is 2.88 bits per heavy atom. The molecule has 0 spiro atoms. The molecule has 0 amide bonds. The standard InChI is InChI=1S/C17H23N7S2/c1-10(2)8-24-17(21-22-23-24)25-9-13-19-15(18)14-11-6-4-3-5-7-12(11)26-16(14)20-13/h10H,3-9H2,1-2H3,(H2,18,19,20). The zero-order valence-electron chi connectivity index (χ0n) is 15.1. The molecule has 2 N–H and O–H groups in total. The second-order valence-corrected chi connectivity index (χ2v) is 9.12. The van der Waals surface area contributed by atoms with Crippen molar-refractivity contribution in [1.29, 1.82) is 0 Å². The van der Waals surface area contributed by atoms with Crippen molar-refractivity contribution in [3.8, 4) is 0 Å². The molecule has 9 heteroatoms. The van der Waals surface area contributed by atoms with Crippen molar-refractivity contribution >= 4 is 39.1 Å². The fourth-order valence-electron chi connectivity index (χ4n) is 3.36. The molecule has 3 aromatic heterocycles. The first-order valence-corrected chi connectivity index (χ1v) is 10.9. The lowest BCUT2D eigenvalue weighted by Crippen LogP contribution is -2.08. The minimum atomic E-state index is 0.489. The first kappa shape index (κ1) is 17.7. The molecule has 138 valence electrons. The van der Waals surface area contributed by atoms with E-state index in [2.05, 4.69) is 34.4 Å². The molecule has 0 bridgehead atoms. The van der Waals surface area contributed by atoms with Gasteiger partial charge in [0.2, 0.25) is 5.16 Å². The maximum Gasteiger partial charge on any atom is 0.209 e. The number of rotatable bonds is 5. The maximum atomic E-state index is 6.32. The molecule has 1 aliphatic rings. The van der Waals surface area contributed by atoms with Crippen molar-refractivity contribution in [2.75, 3.05) is 5.73 Å². The summed E-state index contributed by atoms with van der Waals surface area (Å²) in [6.45, 7) is 5.10. The number of nitrogen functional groups attached to an aromatic ring is 1. The predicted octanol–water partition coefficient (Wildman–Crippen LogP) is 3.48. The predicted molar refractivity (Wildman–Crippen MR) is 105 cm³/mol. The quantitative estimate of drug-likeness (QED) is 0.527. The Morgan fingerprint density at radius 1 is 1.19 bits per heavy atom. The van der Waals surface area contributed by atoms with Gasteiger partial charge in [0.1, 0.15) is 16.5 Å². The monoisotopic (exact) mass is 389 g/mol. The Bertz CT molecular complexity index is 915. The average Bonchev–Trinajstić information content (AvgIpc) is 3.10. The van der Waals surface area contributed by atoms with Gasteiger partial charge in [0.25, 0.3) is 0 Å². The smallest absolute Gasteiger partial charge is 0.209 e. The number of nitrogens with zero attached hydrogens (tertiary/aromatic N) is 6. The van der Waals surface area contributed by atoms with E-state index in [1.165, 1.54) is 29.7 Å². The minimum absolute atomic E-state index is 0.489. The Balaban J connectivity index is 1.57. The first-order chi connectivity index (χ1) is 12.6. The van der Waals surface area contributed by atoms with E-state index < -0.39 is 0 Å². The summed E-state index contributed by atoms with van der Waals surface area (Å²) in [5.41, 5.74) is 7.71. The molecule has 0 saturated carbocycles. The van der Waals surface area contributed by atoms with Gasteiger partial charge in [-0.2, -0.15) is 0 Å². The molecule has 0 unspecified atom stereocenters. The number of fused-ring (bicyclic) bond motifs is 3. The van der Waals surface area contributed by atoms with Crippen LogP contribution < -0.4 is 5.73 Å². The minimum Gasteiger partial charge on any atom is -0.383 e. The van der Waals surface area contributed by atoms with E-state index in [1.807, 2.05) is 4.68 Å². The van der Waals surface area contributed by atoms with E-state index in [1.54, 1.807) is 23.1 Å². The molecule has 0 aliphatic heterocycles. The van der Waals surface area contributed by atoms with Crippen molar-refractivity contribution in [2.45, 2.75) is 63.4 Å². The topological polar surface area (TPSA) is 95.4 Å². The molecule has 3 aromatic rings. The van der Waals surface area contributed by atoms with Gasteiger partial charge in [-0.25, -0.2) is 14.6 Å². The molecule has 7 nitrogen and oxygen atoms in total. The van der Waals surface area contributed by atoms with Crippen LogP contribution in [0.5, 0.6) is 0 Å². The number of hydrogen-bond acceptors (Lipinski definition) is 8. The summed E-state index contributed by atoms with van der Waals surface area (Å²) in [4.78, 5) is 11.8. The molecule has 0 fully saturated rings. The molecule has 3 heterocycles. The van der Waals surface area contributed by atoms with E-state index in [9.17, 15) is 0 Å². The highest BCUT2D eigenvalue weighted by Gasteiger charge is 2.19. The Labute approximate surface area is 160 Å². The Kier molecular flexibility index (Phi) is 5.08. The number of aromatic nitrogens is 6. The molecule has 4 rings (SSSR count). The number of nitrogens with two attached hydrogens (primary N) is 1. The number of thiophene rings is 1. The van der Waals surface area contributed by atoms with Crippen molar-refractivity contribution in [3.63, 3.8) is 0 Å². The molecular formula is C17H23N7S2. The highest BCUT2D eigenvalue weighted by Crippen LogP contribution is 2.37. The van der Waals surface area contributed by atoms with Crippen LogP contribution in [0.2, 0.25) is 0 Å². The van der Waals surface area contributed by atoms with Gasteiger partial charge >= 0.3 is 0 Å². The van der Waals surface area contributed by atoms with E-state index >= 15 is 0 Å². The second-order valence-electron chi connectivity index (χ2n) is 7.10. The number of tetrazole rings is 1. The van der Waals surface area contributed by atoms with Gasteiger partial charge in [-0.15, -0.1) is 16.4 Å². The van der Waals surface area contributed by atoms with Crippen LogP contribution in [0, 0.1) is 5.92 Å². The third kappa shape index (κ3) is 3.55. The van der Waals surface area contributed by atoms with Crippen LogP contribution in [0.25, 0.3) is 10.2 Å². The van der Waals surface area contributed by atoms with Gasteiger partial charge in [0.05, 0.1) is 11.1 Å². The largest absolute Gasteiger partial charge is 0.383 e. The lowest BCUT2D eigenvalue weighted by atomic mass is 10.1. The van der Waals surface area contributed by atoms with Gasteiger partial charge in [-0.1, -0.05) is 32.0 Å². The van der Waals surface area contributed by atoms with Gasteiger partial charge in [-0.05, 0) is 47.6 Å². The van der Waals surface area contributed by atoms with Gasteiger partial charge < -0.3 is 5.73 Å². The summed E-state index contributed by atoms with van der Waals surface area (Å²) in [7, 11) is 0. The second kappa shape index (κ2) is 7.48. The van der Waals surface area contributed by atoms with Crippen LogP contribution in [0.15, 0.2) is 5.16 Å². The zero-order chi connectivity index (χ0) is 18.1. The molecular weight excluding hydrogens is 366 g/mol. The van der Waals surface area contributed by atoms with E-state index in [0.29, 0.717) is 17.5 Å². The van der Waals surface area contributed by atoms with Crippen LogP contribution in [-0.4, -0.2) is 30.2 Å². The summed E-state index contributed by atoms with van der Waals surface area (Å²) in [5.74, 6) is 2.46. The fraction of sp³-hybridized carbons (Fsp3) is 0.588.